The summed E-state index contributed by atoms with van der Waals surface area (Å²) in [6.07, 6.45) is 1.28. The molecule has 0 saturated carbocycles. The Hall–Kier alpha value is -1.69. The van der Waals surface area contributed by atoms with Crippen LogP contribution in [0.5, 0.6) is 0 Å². The van der Waals surface area contributed by atoms with Crippen LogP contribution < -0.4 is 0 Å². The van der Waals surface area contributed by atoms with E-state index in [4.69, 9.17) is 0 Å². The lowest BCUT2D eigenvalue weighted by Gasteiger charge is -1.89. The fraction of sp³-hybridized carbons (Fsp3) is 0. The number of benzene rings is 1. The van der Waals surface area contributed by atoms with Gasteiger partial charge in [0.1, 0.15) is 6.34 Å². The molecule has 2 aromatic rings. The molecule has 0 amide bonds. The zero-order valence-corrected chi connectivity index (χ0v) is 7.77. The first-order valence-electron chi connectivity index (χ1n) is 3.96. The van der Waals surface area contributed by atoms with Gasteiger partial charge in [0.15, 0.2) is 0 Å². The number of nitrogens with zero attached hydrogens (tertiary/aromatic N) is 3. The van der Waals surface area contributed by atoms with Crippen LogP contribution in [0, 0.1) is 0 Å². The predicted octanol–water partition coefficient (Wildman–Crippen LogP) is 0.615. The minimum atomic E-state index is -3.55. The molecule has 0 saturated heterocycles. The minimum Gasteiger partial charge on any atom is -0.271 e. The van der Waals surface area contributed by atoms with Crippen LogP contribution in [0.25, 0.3) is 11.0 Å². The number of hydrogen-bond donors (Lipinski definition) is 0. The normalized spacial score (nSPS) is 17.4. The Labute approximate surface area is 79.8 Å². The Balaban J connectivity index is 2.55. The summed E-state index contributed by atoms with van der Waals surface area (Å²) in [7, 11) is -3.55. The Morgan fingerprint density at radius 2 is 2.00 bits per heavy atom. The van der Waals surface area contributed by atoms with Gasteiger partial charge in [-0.15, -0.1) is 4.40 Å². The molecule has 0 atom stereocenters. The summed E-state index contributed by atoms with van der Waals surface area (Å²) in [5.41, 5.74) is 1.42. The summed E-state index contributed by atoms with van der Waals surface area (Å²) in [4.78, 5) is 4.00. The molecule has 1 aliphatic heterocycles. The molecular weight excluding hydrogens is 202 g/mol. The largest absolute Gasteiger partial charge is 0.318 e. The van der Waals surface area contributed by atoms with Crippen LogP contribution in [-0.2, 0) is 10.0 Å². The molecule has 6 heteroatoms. The molecule has 14 heavy (non-hydrogen) atoms. The van der Waals surface area contributed by atoms with Crippen molar-refractivity contribution in [2.45, 2.75) is 5.16 Å². The van der Waals surface area contributed by atoms with Crippen molar-refractivity contribution in [3.05, 3.63) is 24.3 Å². The molecule has 0 unspecified atom stereocenters. The van der Waals surface area contributed by atoms with E-state index in [9.17, 15) is 8.42 Å². The topological polar surface area (TPSA) is 64.3 Å². The van der Waals surface area contributed by atoms with Crippen molar-refractivity contribution in [2.75, 3.05) is 0 Å². The van der Waals surface area contributed by atoms with Gasteiger partial charge in [0.2, 0.25) is 0 Å². The SMILES string of the molecule is O=S1(=O)N=Cn2c1nc1ccccc12. The first-order chi connectivity index (χ1) is 6.68. The lowest BCUT2D eigenvalue weighted by atomic mass is 10.3. The molecule has 1 aliphatic rings. The summed E-state index contributed by atoms with van der Waals surface area (Å²) < 4.78 is 27.6. The van der Waals surface area contributed by atoms with E-state index in [1.807, 2.05) is 12.1 Å². The fourth-order valence-electron chi connectivity index (χ4n) is 1.47. The highest BCUT2D eigenvalue weighted by atomic mass is 32.2. The minimum absolute atomic E-state index is 0.00120. The number of rotatable bonds is 0. The summed E-state index contributed by atoms with van der Waals surface area (Å²) in [6, 6.07) is 7.22. The summed E-state index contributed by atoms with van der Waals surface area (Å²) in [5, 5.41) is -0.00120. The molecule has 3 rings (SSSR count). The highest BCUT2D eigenvalue weighted by Gasteiger charge is 2.26. The van der Waals surface area contributed by atoms with E-state index in [-0.39, 0.29) is 5.16 Å². The molecule has 70 valence electrons. The van der Waals surface area contributed by atoms with Gasteiger partial charge in [-0.05, 0) is 12.1 Å². The van der Waals surface area contributed by atoms with Crippen molar-refractivity contribution in [1.29, 1.82) is 0 Å². The standard InChI is InChI=1S/C8H5N3O2S/c12-14(13)8-10-6-3-1-2-4-7(6)11(8)5-9-14/h1-5H. The average Bonchev–Trinajstić information content (AvgIpc) is 2.65. The molecule has 0 aliphatic carbocycles. The molecule has 1 aromatic carbocycles. The van der Waals surface area contributed by atoms with Crippen LogP contribution in [0.15, 0.2) is 33.8 Å². The summed E-state index contributed by atoms with van der Waals surface area (Å²) in [5.74, 6) is 0. The molecule has 2 heterocycles. The quantitative estimate of drug-likeness (QED) is 0.636. The summed E-state index contributed by atoms with van der Waals surface area (Å²) >= 11 is 0. The molecule has 5 nitrogen and oxygen atoms in total. The van der Waals surface area contributed by atoms with Crippen LogP contribution in [0.1, 0.15) is 0 Å². The maximum absolute atomic E-state index is 11.3. The first kappa shape index (κ1) is 7.69. The first-order valence-corrected chi connectivity index (χ1v) is 5.40. The van der Waals surface area contributed by atoms with Crippen molar-refractivity contribution in [3.8, 4) is 0 Å². The molecule has 0 fully saturated rings. The van der Waals surface area contributed by atoms with Crippen LogP contribution in [0.2, 0.25) is 0 Å². The van der Waals surface area contributed by atoms with E-state index in [0.29, 0.717) is 5.52 Å². The van der Waals surface area contributed by atoms with E-state index in [2.05, 4.69) is 9.38 Å². The number of fused-ring (bicyclic) bond motifs is 3. The van der Waals surface area contributed by atoms with E-state index < -0.39 is 10.0 Å². The van der Waals surface area contributed by atoms with E-state index in [1.54, 1.807) is 12.1 Å². The van der Waals surface area contributed by atoms with E-state index >= 15 is 0 Å². The van der Waals surface area contributed by atoms with Crippen molar-refractivity contribution in [1.82, 2.24) is 9.55 Å². The number of para-hydroxylation sites is 2. The van der Waals surface area contributed by atoms with Crippen LogP contribution >= 0.6 is 0 Å². The van der Waals surface area contributed by atoms with Gasteiger partial charge >= 0.3 is 10.0 Å². The molecular formula is C8H5N3O2S. The maximum Gasteiger partial charge on any atom is 0.318 e. The Morgan fingerprint density at radius 1 is 1.21 bits per heavy atom. The number of sulfonamides is 1. The van der Waals surface area contributed by atoms with Gasteiger partial charge < -0.3 is 0 Å². The third-order valence-electron chi connectivity index (χ3n) is 2.10. The second-order valence-corrected chi connectivity index (χ2v) is 4.48. The molecule has 0 spiro atoms. The Kier molecular flexibility index (Phi) is 1.22. The van der Waals surface area contributed by atoms with E-state index in [0.717, 1.165) is 5.52 Å². The van der Waals surface area contributed by atoms with Gasteiger partial charge in [-0.25, -0.2) is 4.98 Å². The monoisotopic (exact) mass is 207 g/mol. The Bertz CT molecular complexity index is 654. The van der Waals surface area contributed by atoms with Crippen LogP contribution in [0.3, 0.4) is 0 Å². The van der Waals surface area contributed by atoms with Gasteiger partial charge in [-0.3, -0.25) is 4.57 Å². The zero-order chi connectivity index (χ0) is 9.76. The van der Waals surface area contributed by atoms with Gasteiger partial charge in [0.05, 0.1) is 11.0 Å². The predicted molar refractivity (Wildman–Crippen MR) is 50.8 cm³/mol. The smallest absolute Gasteiger partial charge is 0.271 e. The number of imidazole rings is 1. The van der Waals surface area contributed by atoms with Gasteiger partial charge in [0, 0.05) is 0 Å². The molecule has 1 aromatic heterocycles. The molecule has 0 radical (unpaired) electrons. The van der Waals surface area contributed by atoms with Crippen molar-refractivity contribution < 1.29 is 8.42 Å². The molecule has 0 bridgehead atoms. The van der Waals surface area contributed by atoms with Crippen molar-refractivity contribution in [3.63, 3.8) is 0 Å². The number of hydrogen-bond acceptors (Lipinski definition) is 3. The Morgan fingerprint density at radius 3 is 2.86 bits per heavy atom. The molecule has 0 N–H and O–H groups in total. The van der Waals surface area contributed by atoms with E-state index in [1.165, 1.54) is 10.9 Å². The van der Waals surface area contributed by atoms with Gasteiger partial charge in [-0.1, -0.05) is 12.1 Å². The van der Waals surface area contributed by atoms with Gasteiger partial charge in [-0.2, -0.15) is 8.42 Å². The average molecular weight is 207 g/mol. The second-order valence-electron chi connectivity index (χ2n) is 2.95. The van der Waals surface area contributed by atoms with Crippen LogP contribution in [-0.4, -0.2) is 24.3 Å². The fourth-order valence-corrected chi connectivity index (χ4v) is 2.39. The second kappa shape index (κ2) is 2.21. The maximum atomic E-state index is 11.3. The van der Waals surface area contributed by atoms with Gasteiger partial charge in [0.25, 0.3) is 5.16 Å². The highest BCUT2D eigenvalue weighted by Crippen LogP contribution is 2.22. The number of aromatic nitrogens is 2. The van der Waals surface area contributed by atoms with Crippen LogP contribution in [0.4, 0.5) is 0 Å². The lowest BCUT2D eigenvalue weighted by Crippen LogP contribution is -1.97. The van der Waals surface area contributed by atoms with Crippen molar-refractivity contribution in [2.24, 2.45) is 4.40 Å². The third kappa shape index (κ3) is 0.805. The lowest BCUT2D eigenvalue weighted by molar-refractivity contribution is 0.592. The van der Waals surface area contributed by atoms with Crippen molar-refractivity contribution >= 4 is 27.4 Å². The zero-order valence-electron chi connectivity index (χ0n) is 6.95. The third-order valence-corrected chi connectivity index (χ3v) is 3.22. The summed E-state index contributed by atoms with van der Waals surface area (Å²) in [6.45, 7) is 0. The highest BCUT2D eigenvalue weighted by molar-refractivity contribution is 7.90.